The number of likely N-dealkylation sites (tertiary alicyclic amines) is 1. The lowest BCUT2D eigenvalue weighted by molar-refractivity contribution is -0.156. The Morgan fingerprint density at radius 1 is 1.16 bits per heavy atom. The van der Waals surface area contributed by atoms with Crippen molar-refractivity contribution in [2.75, 3.05) is 6.61 Å². The first-order valence-electron chi connectivity index (χ1n) is 10.9. The van der Waals surface area contributed by atoms with Crippen molar-refractivity contribution in [1.29, 1.82) is 0 Å². The van der Waals surface area contributed by atoms with Gasteiger partial charge in [0.1, 0.15) is 0 Å². The van der Waals surface area contributed by atoms with Gasteiger partial charge in [-0.1, -0.05) is 60.5 Å². The van der Waals surface area contributed by atoms with Crippen LogP contribution < -0.4 is 0 Å². The summed E-state index contributed by atoms with van der Waals surface area (Å²) in [6.07, 6.45) is 5.20. The minimum atomic E-state index is -0.583. The van der Waals surface area contributed by atoms with Crippen molar-refractivity contribution in [3.63, 3.8) is 0 Å². The monoisotopic (exact) mass is 457 g/mol. The van der Waals surface area contributed by atoms with Crippen LogP contribution >= 0.6 is 23.2 Å². The summed E-state index contributed by atoms with van der Waals surface area (Å²) in [6.45, 7) is 5.91. The van der Waals surface area contributed by atoms with E-state index in [9.17, 15) is 9.90 Å². The Bertz CT molecular complexity index is 956. The van der Waals surface area contributed by atoms with Crippen LogP contribution in [0.4, 0.5) is 0 Å². The van der Waals surface area contributed by atoms with Crippen molar-refractivity contribution in [2.24, 2.45) is 11.3 Å². The quantitative estimate of drug-likeness (QED) is 0.488. The number of halogens is 2. The molecule has 1 N–H and O–H groups in total. The molecule has 0 aromatic heterocycles. The highest BCUT2D eigenvalue weighted by Gasteiger charge is 2.53. The lowest BCUT2D eigenvalue weighted by Gasteiger charge is -2.52. The lowest BCUT2D eigenvalue weighted by Crippen LogP contribution is -2.57. The van der Waals surface area contributed by atoms with Crippen molar-refractivity contribution < 1.29 is 9.90 Å². The molecule has 1 saturated carbocycles. The molecule has 4 unspecified atom stereocenters. The maximum Gasteiger partial charge on any atom is 0.229 e. The highest BCUT2D eigenvalue weighted by atomic mass is 35.5. The number of hydrogen-bond acceptors (Lipinski definition) is 2. The van der Waals surface area contributed by atoms with Crippen molar-refractivity contribution in [2.45, 2.75) is 50.6 Å². The van der Waals surface area contributed by atoms with Crippen LogP contribution in [-0.2, 0) is 4.79 Å². The number of benzene rings is 2. The van der Waals surface area contributed by atoms with E-state index in [1.165, 1.54) is 0 Å². The molecule has 3 nitrogen and oxygen atoms in total. The Kier molecular flexibility index (Phi) is 6.48. The summed E-state index contributed by atoms with van der Waals surface area (Å²) in [4.78, 5) is 16.0. The molecular weight excluding hydrogens is 429 g/mol. The van der Waals surface area contributed by atoms with Gasteiger partial charge in [0, 0.05) is 16.0 Å². The molecular formula is C26H29Cl2NO2. The van der Waals surface area contributed by atoms with Gasteiger partial charge in [-0.05, 0) is 67.0 Å². The van der Waals surface area contributed by atoms with Crippen molar-refractivity contribution in [1.82, 2.24) is 4.90 Å². The molecule has 1 aliphatic heterocycles. The first-order valence-corrected chi connectivity index (χ1v) is 11.7. The number of allylic oxidation sites excluding steroid dienone is 1. The van der Waals surface area contributed by atoms with E-state index < -0.39 is 5.41 Å². The summed E-state index contributed by atoms with van der Waals surface area (Å²) in [6, 6.07) is 15.3. The highest BCUT2D eigenvalue weighted by Crippen LogP contribution is 2.53. The third-order valence-corrected chi connectivity index (χ3v) is 7.38. The van der Waals surface area contributed by atoms with Crippen LogP contribution in [0.2, 0.25) is 10.0 Å². The zero-order valence-corrected chi connectivity index (χ0v) is 19.3. The van der Waals surface area contributed by atoms with E-state index in [2.05, 4.69) is 12.6 Å². The summed E-state index contributed by atoms with van der Waals surface area (Å²) in [5.74, 6) is 0.474. The van der Waals surface area contributed by atoms with Crippen LogP contribution in [0.1, 0.15) is 55.7 Å². The van der Waals surface area contributed by atoms with Crippen LogP contribution in [0.15, 0.2) is 61.2 Å². The van der Waals surface area contributed by atoms with Gasteiger partial charge in [0.15, 0.2) is 0 Å². The first kappa shape index (κ1) is 22.4. The number of piperidine rings is 1. The number of nitrogens with zero attached hydrogens (tertiary/aromatic N) is 1. The van der Waals surface area contributed by atoms with E-state index in [-0.39, 0.29) is 30.5 Å². The third-order valence-electron chi connectivity index (χ3n) is 6.90. The molecule has 1 heterocycles. The molecule has 1 amide bonds. The molecule has 0 spiro atoms. The van der Waals surface area contributed by atoms with Gasteiger partial charge in [-0.2, -0.15) is 0 Å². The summed E-state index contributed by atoms with van der Waals surface area (Å²) in [5, 5.41) is 11.7. The predicted molar refractivity (Wildman–Crippen MR) is 126 cm³/mol. The van der Waals surface area contributed by atoms with Crippen molar-refractivity contribution >= 4 is 29.1 Å². The van der Waals surface area contributed by atoms with Gasteiger partial charge in [-0.25, -0.2) is 0 Å². The molecule has 0 bridgehead atoms. The van der Waals surface area contributed by atoms with E-state index in [1.54, 1.807) is 0 Å². The van der Waals surface area contributed by atoms with Gasteiger partial charge in [0.25, 0.3) is 0 Å². The number of amides is 1. The number of aliphatic hydroxyl groups excluding tert-OH is 1. The normalized spacial score (nSPS) is 27.2. The largest absolute Gasteiger partial charge is 0.394 e. The zero-order valence-electron chi connectivity index (χ0n) is 17.8. The fourth-order valence-electron chi connectivity index (χ4n) is 5.20. The van der Waals surface area contributed by atoms with Crippen molar-refractivity contribution in [3.05, 3.63) is 82.4 Å². The van der Waals surface area contributed by atoms with Gasteiger partial charge < -0.3 is 10.0 Å². The number of carbonyl (C=O) groups excluding carboxylic acids is 1. The number of carbonyl (C=O) groups is 1. The molecule has 2 aromatic rings. The highest BCUT2D eigenvalue weighted by molar-refractivity contribution is 6.30. The van der Waals surface area contributed by atoms with Crippen LogP contribution in [0.3, 0.4) is 0 Å². The molecule has 1 aliphatic carbocycles. The van der Waals surface area contributed by atoms with Gasteiger partial charge in [-0.3, -0.25) is 4.79 Å². The molecule has 2 fully saturated rings. The van der Waals surface area contributed by atoms with E-state index in [0.29, 0.717) is 28.8 Å². The molecule has 4 atom stereocenters. The van der Waals surface area contributed by atoms with Crippen LogP contribution in [0.5, 0.6) is 0 Å². The molecule has 31 heavy (non-hydrogen) atoms. The predicted octanol–water partition coefficient (Wildman–Crippen LogP) is 6.40. The molecule has 164 valence electrons. The van der Waals surface area contributed by atoms with Crippen LogP contribution in [0, 0.1) is 11.3 Å². The second-order valence-electron chi connectivity index (χ2n) is 9.22. The Balaban J connectivity index is 1.89. The second kappa shape index (κ2) is 8.97. The molecule has 2 aromatic carbocycles. The molecule has 5 heteroatoms. The third kappa shape index (κ3) is 4.41. The maximum atomic E-state index is 14.0. The number of rotatable bonds is 7. The lowest BCUT2D eigenvalue weighted by atomic mass is 9.67. The fourth-order valence-corrected chi connectivity index (χ4v) is 5.52. The SMILES string of the molecule is C=CCC1(C)CC(c2cccc(Cl)c2)C(c2ccc(Cl)cc2)N(C(CO)C2CC2)C1=O. The van der Waals surface area contributed by atoms with E-state index in [4.69, 9.17) is 23.2 Å². The average Bonchev–Trinajstić information content (AvgIpc) is 3.58. The Hall–Kier alpha value is -1.81. The summed E-state index contributed by atoms with van der Waals surface area (Å²) in [7, 11) is 0. The van der Waals surface area contributed by atoms with E-state index in [0.717, 1.165) is 24.0 Å². The molecule has 4 rings (SSSR count). The average molecular weight is 458 g/mol. The Morgan fingerprint density at radius 2 is 1.87 bits per heavy atom. The minimum absolute atomic E-state index is 0.0348. The van der Waals surface area contributed by atoms with E-state index in [1.807, 2.05) is 60.4 Å². The Morgan fingerprint density at radius 3 is 2.45 bits per heavy atom. The van der Waals surface area contributed by atoms with Gasteiger partial charge in [0.2, 0.25) is 5.91 Å². The van der Waals surface area contributed by atoms with Gasteiger partial charge in [0.05, 0.1) is 24.1 Å². The van der Waals surface area contributed by atoms with Crippen LogP contribution in [0.25, 0.3) is 0 Å². The van der Waals surface area contributed by atoms with Gasteiger partial charge in [-0.15, -0.1) is 6.58 Å². The standard InChI is InChI=1S/C26H29Cl2NO2/c1-3-13-26(2)15-22(19-5-4-6-21(28)14-19)24(18-9-11-20(27)12-10-18)29(25(26)31)23(16-30)17-7-8-17/h3-6,9-12,14,17,22-24,30H,1,7-8,13,15-16H2,2H3. The molecule has 2 aliphatic rings. The summed E-state index contributed by atoms with van der Waals surface area (Å²) in [5.41, 5.74) is 1.55. The second-order valence-corrected chi connectivity index (χ2v) is 10.1. The molecule has 0 radical (unpaired) electrons. The summed E-state index contributed by atoms with van der Waals surface area (Å²) < 4.78 is 0. The Labute approximate surface area is 194 Å². The first-order chi connectivity index (χ1) is 14.9. The smallest absolute Gasteiger partial charge is 0.229 e. The topological polar surface area (TPSA) is 40.5 Å². The maximum absolute atomic E-state index is 14.0. The number of hydrogen-bond donors (Lipinski definition) is 1. The number of aliphatic hydroxyl groups is 1. The van der Waals surface area contributed by atoms with Crippen LogP contribution in [-0.4, -0.2) is 28.6 Å². The molecule has 1 saturated heterocycles. The zero-order chi connectivity index (χ0) is 22.2. The van der Waals surface area contributed by atoms with E-state index >= 15 is 0 Å². The van der Waals surface area contributed by atoms with Gasteiger partial charge >= 0.3 is 0 Å². The fraction of sp³-hybridized carbons (Fsp3) is 0.423. The summed E-state index contributed by atoms with van der Waals surface area (Å²) >= 11 is 12.5. The minimum Gasteiger partial charge on any atom is -0.394 e. The van der Waals surface area contributed by atoms with Crippen molar-refractivity contribution in [3.8, 4) is 0 Å².